The van der Waals surface area contributed by atoms with Crippen LogP contribution in [0.15, 0.2) is 36.5 Å². The van der Waals surface area contributed by atoms with Crippen molar-refractivity contribution in [1.82, 2.24) is 4.98 Å². The molecule has 0 fully saturated rings. The first-order valence-corrected chi connectivity index (χ1v) is 7.41. The second kappa shape index (κ2) is 6.33. The molecule has 2 aromatic rings. The normalized spacial score (nSPS) is 13.6. The van der Waals surface area contributed by atoms with Crippen LogP contribution in [-0.4, -0.2) is 17.2 Å². The van der Waals surface area contributed by atoms with Gasteiger partial charge >= 0.3 is 0 Å². The first-order valence-electron chi connectivity index (χ1n) is 7.41. The van der Waals surface area contributed by atoms with E-state index >= 15 is 0 Å². The third-order valence-electron chi connectivity index (χ3n) is 4.18. The van der Waals surface area contributed by atoms with Crippen LogP contribution in [-0.2, 0) is 4.74 Å². The zero-order chi connectivity index (χ0) is 14.6. The van der Waals surface area contributed by atoms with Crippen LogP contribution in [0.1, 0.15) is 45.2 Å². The van der Waals surface area contributed by atoms with Gasteiger partial charge in [0.15, 0.2) is 0 Å². The summed E-state index contributed by atoms with van der Waals surface area (Å²) < 4.78 is 6.02. The molecule has 3 nitrogen and oxygen atoms in total. The van der Waals surface area contributed by atoms with E-state index in [9.17, 15) is 0 Å². The Morgan fingerprint density at radius 3 is 2.60 bits per heavy atom. The Morgan fingerprint density at radius 1 is 1.20 bits per heavy atom. The molecule has 0 saturated heterocycles. The van der Waals surface area contributed by atoms with Gasteiger partial charge < -0.3 is 10.5 Å². The van der Waals surface area contributed by atoms with Crippen molar-refractivity contribution in [2.75, 3.05) is 6.61 Å². The highest BCUT2D eigenvalue weighted by molar-refractivity contribution is 5.79. The first kappa shape index (κ1) is 14.9. The van der Waals surface area contributed by atoms with Crippen LogP contribution >= 0.6 is 0 Å². The number of benzene rings is 1. The Bertz CT molecular complexity index is 564. The zero-order valence-corrected chi connectivity index (χ0v) is 12.6. The quantitative estimate of drug-likeness (QED) is 0.869. The number of hydrogen-bond acceptors (Lipinski definition) is 3. The van der Waals surface area contributed by atoms with Crippen LogP contribution in [0.4, 0.5) is 0 Å². The number of pyridine rings is 1. The van der Waals surface area contributed by atoms with Crippen molar-refractivity contribution in [2.45, 2.75) is 45.3 Å². The smallest absolute Gasteiger partial charge is 0.0868 e. The predicted molar refractivity (Wildman–Crippen MR) is 83.6 cm³/mol. The fourth-order valence-corrected chi connectivity index (χ4v) is 2.86. The van der Waals surface area contributed by atoms with Gasteiger partial charge in [-0.2, -0.15) is 0 Å². The van der Waals surface area contributed by atoms with Crippen molar-refractivity contribution in [2.24, 2.45) is 5.73 Å². The molecule has 0 spiro atoms. The molecule has 2 N–H and O–H groups in total. The molecule has 0 radical (unpaired) electrons. The molecule has 1 aromatic carbocycles. The monoisotopic (exact) mass is 272 g/mol. The van der Waals surface area contributed by atoms with Gasteiger partial charge in [-0.3, -0.25) is 4.98 Å². The molecule has 0 aliphatic rings. The minimum absolute atomic E-state index is 0.123. The number of hydrogen-bond donors (Lipinski definition) is 1. The van der Waals surface area contributed by atoms with E-state index < -0.39 is 0 Å². The summed E-state index contributed by atoms with van der Waals surface area (Å²) in [5.74, 6) is 0. The van der Waals surface area contributed by atoms with Crippen LogP contribution in [0.2, 0.25) is 0 Å². The summed E-state index contributed by atoms with van der Waals surface area (Å²) in [6.07, 6.45) is 3.62. The molecule has 1 unspecified atom stereocenters. The van der Waals surface area contributed by atoms with Gasteiger partial charge in [0.05, 0.1) is 17.2 Å². The molecular formula is C17H24N2O. The molecule has 2 rings (SSSR count). The number of rotatable bonds is 6. The molecule has 3 heteroatoms. The van der Waals surface area contributed by atoms with E-state index in [1.807, 2.05) is 25.3 Å². The van der Waals surface area contributed by atoms with Crippen LogP contribution in [0.5, 0.6) is 0 Å². The summed E-state index contributed by atoms with van der Waals surface area (Å²) in [5, 5.41) is 1.12. The van der Waals surface area contributed by atoms with E-state index in [2.05, 4.69) is 37.0 Å². The molecule has 0 amide bonds. The molecule has 0 saturated carbocycles. The van der Waals surface area contributed by atoms with Crippen molar-refractivity contribution in [3.8, 4) is 0 Å². The highest BCUT2D eigenvalue weighted by Gasteiger charge is 2.35. The SMILES string of the molecule is CCOC(CC)(CC)C(N)c1ccc2ncccc2c1. The number of nitrogens with zero attached hydrogens (tertiary/aromatic N) is 1. The minimum Gasteiger partial charge on any atom is -0.373 e. The van der Waals surface area contributed by atoms with Crippen molar-refractivity contribution in [1.29, 1.82) is 0 Å². The molecule has 0 bridgehead atoms. The Balaban J connectivity index is 2.40. The lowest BCUT2D eigenvalue weighted by Crippen LogP contribution is -2.43. The lowest BCUT2D eigenvalue weighted by atomic mass is 9.84. The van der Waals surface area contributed by atoms with E-state index in [0.29, 0.717) is 6.61 Å². The summed E-state index contributed by atoms with van der Waals surface area (Å²) in [7, 11) is 0. The van der Waals surface area contributed by atoms with Gasteiger partial charge in [0.2, 0.25) is 0 Å². The Kier molecular flexibility index (Phi) is 4.73. The molecule has 108 valence electrons. The maximum absolute atomic E-state index is 6.53. The van der Waals surface area contributed by atoms with Crippen molar-refractivity contribution >= 4 is 10.9 Å². The van der Waals surface area contributed by atoms with E-state index in [0.717, 1.165) is 29.3 Å². The molecule has 1 atom stereocenters. The average Bonchev–Trinajstić information content (AvgIpc) is 2.51. The maximum atomic E-state index is 6.53. The van der Waals surface area contributed by atoms with Gasteiger partial charge in [-0.25, -0.2) is 0 Å². The Hall–Kier alpha value is -1.45. The minimum atomic E-state index is -0.287. The molecule has 0 aliphatic carbocycles. The summed E-state index contributed by atoms with van der Waals surface area (Å²) in [6.45, 7) is 6.99. The molecule has 20 heavy (non-hydrogen) atoms. The van der Waals surface area contributed by atoms with Gasteiger partial charge in [-0.1, -0.05) is 26.0 Å². The van der Waals surface area contributed by atoms with Crippen LogP contribution < -0.4 is 5.73 Å². The summed E-state index contributed by atoms with van der Waals surface area (Å²) >= 11 is 0. The molecule has 1 aromatic heterocycles. The zero-order valence-electron chi connectivity index (χ0n) is 12.6. The predicted octanol–water partition coefficient (Wildman–Crippen LogP) is 3.83. The second-order valence-electron chi connectivity index (χ2n) is 5.14. The number of fused-ring (bicyclic) bond motifs is 1. The largest absolute Gasteiger partial charge is 0.373 e. The van der Waals surface area contributed by atoms with E-state index in [-0.39, 0.29) is 11.6 Å². The third kappa shape index (κ3) is 2.69. The highest BCUT2D eigenvalue weighted by Crippen LogP contribution is 2.34. The summed E-state index contributed by atoms with van der Waals surface area (Å²) in [5.41, 5.74) is 8.35. The second-order valence-corrected chi connectivity index (χ2v) is 5.14. The van der Waals surface area contributed by atoms with Crippen LogP contribution in [0.3, 0.4) is 0 Å². The lowest BCUT2D eigenvalue weighted by Gasteiger charge is -2.37. The standard InChI is InChI=1S/C17H24N2O/c1-4-17(5-2,20-6-3)16(18)14-9-10-15-13(12-14)8-7-11-19-15/h7-12,16H,4-6,18H2,1-3H3. The number of aromatic nitrogens is 1. The van der Waals surface area contributed by atoms with Crippen LogP contribution in [0, 0.1) is 0 Å². The average molecular weight is 272 g/mol. The van der Waals surface area contributed by atoms with Crippen molar-refractivity contribution in [3.05, 3.63) is 42.1 Å². The van der Waals surface area contributed by atoms with E-state index in [1.165, 1.54) is 0 Å². The lowest BCUT2D eigenvalue weighted by molar-refractivity contribution is -0.0645. The Morgan fingerprint density at radius 2 is 1.95 bits per heavy atom. The molecule has 1 heterocycles. The Labute approximate surface area is 121 Å². The topological polar surface area (TPSA) is 48.1 Å². The van der Waals surface area contributed by atoms with Crippen LogP contribution in [0.25, 0.3) is 10.9 Å². The van der Waals surface area contributed by atoms with Gasteiger partial charge in [0.1, 0.15) is 0 Å². The van der Waals surface area contributed by atoms with Crippen molar-refractivity contribution in [3.63, 3.8) is 0 Å². The number of nitrogens with two attached hydrogens (primary N) is 1. The molecule has 0 aliphatic heterocycles. The van der Waals surface area contributed by atoms with E-state index in [4.69, 9.17) is 10.5 Å². The van der Waals surface area contributed by atoms with E-state index in [1.54, 1.807) is 0 Å². The van der Waals surface area contributed by atoms with Gasteiger partial charge in [0, 0.05) is 18.2 Å². The fourth-order valence-electron chi connectivity index (χ4n) is 2.86. The highest BCUT2D eigenvalue weighted by atomic mass is 16.5. The fraction of sp³-hybridized carbons (Fsp3) is 0.471. The van der Waals surface area contributed by atoms with Gasteiger partial charge in [-0.05, 0) is 43.5 Å². The first-order chi connectivity index (χ1) is 9.66. The molecular weight excluding hydrogens is 248 g/mol. The maximum Gasteiger partial charge on any atom is 0.0868 e. The van der Waals surface area contributed by atoms with Gasteiger partial charge in [-0.15, -0.1) is 0 Å². The number of ether oxygens (including phenoxy) is 1. The summed E-state index contributed by atoms with van der Waals surface area (Å²) in [6, 6.07) is 10.1. The third-order valence-corrected chi connectivity index (χ3v) is 4.18. The van der Waals surface area contributed by atoms with Crippen molar-refractivity contribution < 1.29 is 4.74 Å². The summed E-state index contributed by atoms with van der Waals surface area (Å²) in [4.78, 5) is 4.35. The van der Waals surface area contributed by atoms with Gasteiger partial charge in [0.25, 0.3) is 0 Å².